The Morgan fingerprint density at radius 3 is 2.86 bits per heavy atom. The largest absolute Gasteiger partial charge is 0.481 e. The highest BCUT2D eigenvalue weighted by molar-refractivity contribution is 5.96. The van der Waals surface area contributed by atoms with E-state index in [0.29, 0.717) is 6.54 Å². The van der Waals surface area contributed by atoms with Gasteiger partial charge in [0.15, 0.2) is 0 Å². The van der Waals surface area contributed by atoms with Gasteiger partial charge in [-0.15, -0.1) is 5.10 Å². The molecule has 1 aliphatic rings. The molecule has 1 aromatic heterocycles. The first kappa shape index (κ1) is 13.2. The van der Waals surface area contributed by atoms with Gasteiger partial charge in [0.05, 0.1) is 6.42 Å². The molecule has 1 aliphatic heterocycles. The zero-order chi connectivity index (χ0) is 14.8. The summed E-state index contributed by atoms with van der Waals surface area (Å²) in [4.78, 5) is 24.9. The molecule has 1 atom stereocenters. The third-order valence-corrected chi connectivity index (χ3v) is 3.48. The summed E-state index contributed by atoms with van der Waals surface area (Å²) in [5, 5.41) is 19.6. The van der Waals surface area contributed by atoms with E-state index in [4.69, 9.17) is 5.11 Å². The molecule has 1 N–H and O–H groups in total. The molecule has 0 saturated heterocycles. The van der Waals surface area contributed by atoms with Crippen molar-refractivity contribution in [3.8, 4) is 0 Å². The average Bonchev–Trinajstić information content (AvgIpc) is 3.07. The van der Waals surface area contributed by atoms with E-state index >= 15 is 0 Å². The van der Waals surface area contributed by atoms with Crippen LogP contribution in [0.5, 0.6) is 0 Å². The van der Waals surface area contributed by atoms with Gasteiger partial charge in [-0.25, -0.2) is 4.68 Å². The second-order valence-electron chi connectivity index (χ2n) is 4.87. The summed E-state index contributed by atoms with van der Waals surface area (Å²) < 4.78 is 1.34. The molecule has 0 bridgehead atoms. The molecule has 2 aromatic rings. The molecule has 1 aromatic carbocycles. The van der Waals surface area contributed by atoms with E-state index in [2.05, 4.69) is 15.5 Å². The Labute approximate surface area is 120 Å². The number of carboxylic acids is 1. The van der Waals surface area contributed by atoms with E-state index in [1.165, 1.54) is 11.0 Å². The maximum atomic E-state index is 12.4. The van der Waals surface area contributed by atoms with E-state index in [9.17, 15) is 9.59 Å². The number of carbonyl (C=O) groups excluding carboxylic acids is 1. The van der Waals surface area contributed by atoms with E-state index in [-0.39, 0.29) is 24.8 Å². The number of carboxylic acid groups (broad SMARTS) is 1. The summed E-state index contributed by atoms with van der Waals surface area (Å²) in [5.74, 6) is -1.22. The standard InChI is InChI=1S/C13H13N5O3/c19-12(7-17-8-14-15-16-17)18-6-9(5-13(20)21)10-3-1-2-4-11(10)18/h1-4,8-9H,5-7H2,(H,20,21). The molecule has 2 heterocycles. The van der Waals surface area contributed by atoms with Gasteiger partial charge < -0.3 is 10.0 Å². The number of nitrogens with zero attached hydrogens (tertiary/aromatic N) is 5. The average molecular weight is 287 g/mol. The molecule has 0 saturated carbocycles. The molecule has 1 amide bonds. The van der Waals surface area contributed by atoms with Gasteiger partial charge in [0, 0.05) is 18.2 Å². The van der Waals surface area contributed by atoms with Crippen LogP contribution >= 0.6 is 0 Å². The van der Waals surface area contributed by atoms with Crippen LogP contribution in [0.2, 0.25) is 0 Å². The van der Waals surface area contributed by atoms with Crippen LogP contribution in [0.1, 0.15) is 17.9 Å². The number of hydrogen-bond acceptors (Lipinski definition) is 5. The first-order valence-corrected chi connectivity index (χ1v) is 6.47. The number of anilines is 1. The van der Waals surface area contributed by atoms with Gasteiger partial charge in [0.2, 0.25) is 5.91 Å². The highest BCUT2D eigenvalue weighted by Crippen LogP contribution is 2.37. The van der Waals surface area contributed by atoms with Crippen molar-refractivity contribution < 1.29 is 14.7 Å². The van der Waals surface area contributed by atoms with Crippen LogP contribution in [0.4, 0.5) is 5.69 Å². The quantitative estimate of drug-likeness (QED) is 0.866. The molecule has 8 nitrogen and oxygen atoms in total. The van der Waals surface area contributed by atoms with Crippen LogP contribution in [0.15, 0.2) is 30.6 Å². The first-order valence-electron chi connectivity index (χ1n) is 6.47. The van der Waals surface area contributed by atoms with Gasteiger partial charge in [0.1, 0.15) is 12.9 Å². The number of fused-ring (bicyclic) bond motifs is 1. The molecule has 0 spiro atoms. The molecule has 1 unspecified atom stereocenters. The van der Waals surface area contributed by atoms with Gasteiger partial charge in [-0.2, -0.15) is 0 Å². The number of aliphatic carboxylic acids is 1. The smallest absolute Gasteiger partial charge is 0.304 e. The lowest BCUT2D eigenvalue weighted by atomic mass is 9.98. The van der Waals surface area contributed by atoms with Gasteiger partial charge in [0.25, 0.3) is 0 Å². The van der Waals surface area contributed by atoms with Gasteiger partial charge >= 0.3 is 5.97 Å². The number of rotatable bonds is 4. The summed E-state index contributed by atoms with van der Waals surface area (Å²) in [6.07, 6.45) is 1.38. The summed E-state index contributed by atoms with van der Waals surface area (Å²) >= 11 is 0. The lowest BCUT2D eigenvalue weighted by Gasteiger charge is -2.17. The maximum absolute atomic E-state index is 12.4. The SMILES string of the molecule is O=C(O)CC1CN(C(=O)Cn2cnnn2)c2ccccc21. The van der Waals surface area contributed by atoms with Crippen molar-refractivity contribution >= 4 is 17.6 Å². The molecule has 0 fully saturated rings. The Balaban J connectivity index is 1.83. The van der Waals surface area contributed by atoms with E-state index in [1.54, 1.807) is 4.90 Å². The Morgan fingerprint density at radius 1 is 1.33 bits per heavy atom. The molecule has 0 radical (unpaired) electrons. The minimum absolute atomic E-state index is 0.00563. The van der Waals surface area contributed by atoms with Crippen LogP contribution in [-0.4, -0.2) is 43.7 Å². The van der Waals surface area contributed by atoms with E-state index in [0.717, 1.165) is 11.3 Å². The van der Waals surface area contributed by atoms with Crippen LogP contribution in [0, 0.1) is 0 Å². The third-order valence-electron chi connectivity index (χ3n) is 3.48. The second kappa shape index (κ2) is 5.31. The number of para-hydroxylation sites is 1. The first-order chi connectivity index (χ1) is 10.1. The molecule has 3 rings (SSSR count). The van der Waals surface area contributed by atoms with E-state index < -0.39 is 5.97 Å². The van der Waals surface area contributed by atoms with Crippen LogP contribution in [0.25, 0.3) is 0 Å². The summed E-state index contributed by atoms with van der Waals surface area (Å²) in [7, 11) is 0. The molecule has 108 valence electrons. The molecular formula is C13H13N5O3. The Morgan fingerprint density at radius 2 is 2.14 bits per heavy atom. The molecule has 21 heavy (non-hydrogen) atoms. The number of aromatic nitrogens is 4. The lowest BCUT2D eigenvalue weighted by molar-refractivity contribution is -0.137. The van der Waals surface area contributed by atoms with Crippen molar-refractivity contribution in [1.29, 1.82) is 0 Å². The normalized spacial score (nSPS) is 16.8. The van der Waals surface area contributed by atoms with Crippen LogP contribution in [-0.2, 0) is 16.1 Å². The monoisotopic (exact) mass is 287 g/mol. The van der Waals surface area contributed by atoms with Crippen LogP contribution in [0.3, 0.4) is 0 Å². The Kier molecular flexibility index (Phi) is 3.35. The molecular weight excluding hydrogens is 274 g/mol. The Bertz CT molecular complexity index is 670. The topological polar surface area (TPSA) is 101 Å². The minimum atomic E-state index is -0.871. The van der Waals surface area contributed by atoms with Gasteiger partial charge in [-0.1, -0.05) is 18.2 Å². The number of tetrazole rings is 1. The highest BCUT2D eigenvalue weighted by Gasteiger charge is 2.33. The predicted molar refractivity (Wildman–Crippen MR) is 71.6 cm³/mol. The fourth-order valence-electron chi connectivity index (χ4n) is 2.59. The highest BCUT2D eigenvalue weighted by atomic mass is 16.4. The fraction of sp³-hybridized carbons (Fsp3) is 0.308. The molecule has 8 heteroatoms. The predicted octanol–water partition coefficient (Wildman–Crippen LogP) is 0.278. The van der Waals surface area contributed by atoms with Crippen molar-refractivity contribution in [2.24, 2.45) is 0 Å². The number of carbonyl (C=O) groups is 2. The minimum Gasteiger partial charge on any atom is -0.481 e. The summed E-state index contributed by atoms with van der Waals surface area (Å²) in [6.45, 7) is 0.397. The number of benzene rings is 1. The fourth-order valence-corrected chi connectivity index (χ4v) is 2.59. The summed E-state index contributed by atoms with van der Waals surface area (Å²) in [6, 6.07) is 7.38. The van der Waals surface area contributed by atoms with Gasteiger partial charge in [-0.3, -0.25) is 9.59 Å². The van der Waals surface area contributed by atoms with Crippen molar-refractivity contribution in [2.45, 2.75) is 18.9 Å². The number of amides is 1. The number of hydrogen-bond donors (Lipinski definition) is 1. The Hall–Kier alpha value is -2.77. The molecule has 0 aliphatic carbocycles. The van der Waals surface area contributed by atoms with E-state index in [1.807, 2.05) is 24.3 Å². The van der Waals surface area contributed by atoms with Crippen molar-refractivity contribution in [3.05, 3.63) is 36.2 Å². The van der Waals surface area contributed by atoms with Crippen molar-refractivity contribution in [2.75, 3.05) is 11.4 Å². The van der Waals surface area contributed by atoms with Gasteiger partial charge in [-0.05, 0) is 22.1 Å². The third kappa shape index (κ3) is 2.60. The summed E-state index contributed by atoms with van der Waals surface area (Å²) in [5.41, 5.74) is 1.66. The maximum Gasteiger partial charge on any atom is 0.304 e. The van der Waals surface area contributed by atoms with Crippen molar-refractivity contribution in [1.82, 2.24) is 20.2 Å². The van der Waals surface area contributed by atoms with Crippen molar-refractivity contribution in [3.63, 3.8) is 0 Å². The zero-order valence-corrected chi connectivity index (χ0v) is 11.1. The lowest BCUT2D eigenvalue weighted by Crippen LogP contribution is -2.33. The van der Waals surface area contributed by atoms with Crippen LogP contribution < -0.4 is 4.90 Å². The second-order valence-corrected chi connectivity index (χ2v) is 4.87. The zero-order valence-electron chi connectivity index (χ0n) is 11.1.